The summed E-state index contributed by atoms with van der Waals surface area (Å²) in [6, 6.07) is 21.8. The Labute approximate surface area is 163 Å². The molecule has 2 N–H and O–H groups in total. The van der Waals surface area contributed by atoms with Gasteiger partial charge in [-0.3, -0.25) is 0 Å². The molecule has 0 radical (unpaired) electrons. The summed E-state index contributed by atoms with van der Waals surface area (Å²) in [5, 5.41) is 21.3. The van der Waals surface area contributed by atoms with Gasteiger partial charge in [0.15, 0.2) is 0 Å². The van der Waals surface area contributed by atoms with Gasteiger partial charge in [-0.2, -0.15) is 0 Å². The van der Waals surface area contributed by atoms with Gasteiger partial charge in [-0.05, 0) is 36.2 Å². The van der Waals surface area contributed by atoms with Gasteiger partial charge in [0, 0.05) is 22.7 Å². The van der Waals surface area contributed by atoms with E-state index in [0.717, 1.165) is 22.0 Å². The van der Waals surface area contributed by atoms with Crippen LogP contribution in [0.2, 0.25) is 0 Å². The topological polar surface area (TPSA) is 45.4 Å². The zero-order chi connectivity index (χ0) is 19.7. The first-order valence-corrected chi connectivity index (χ1v) is 9.29. The SMILES string of the molecule is Cc1ccc(-c2cn([C@@H](c3cccc(F)c3)[C@H](O)CO)c3ccccc23)cc1. The van der Waals surface area contributed by atoms with Crippen LogP contribution in [-0.2, 0) is 0 Å². The lowest BCUT2D eigenvalue weighted by Crippen LogP contribution is -2.28. The largest absolute Gasteiger partial charge is 0.394 e. The third-order valence-corrected chi connectivity index (χ3v) is 5.14. The molecule has 1 heterocycles. The lowest BCUT2D eigenvalue weighted by molar-refractivity contribution is 0.0653. The smallest absolute Gasteiger partial charge is 0.123 e. The van der Waals surface area contributed by atoms with Crippen LogP contribution < -0.4 is 0 Å². The van der Waals surface area contributed by atoms with Crippen LogP contribution in [0, 0.1) is 12.7 Å². The van der Waals surface area contributed by atoms with Gasteiger partial charge in [0.05, 0.1) is 12.6 Å². The van der Waals surface area contributed by atoms with Gasteiger partial charge >= 0.3 is 0 Å². The van der Waals surface area contributed by atoms with Gasteiger partial charge in [0.2, 0.25) is 0 Å². The Morgan fingerprint density at radius 2 is 1.71 bits per heavy atom. The number of aliphatic hydroxyl groups is 2. The number of benzene rings is 3. The Morgan fingerprint density at radius 3 is 2.43 bits per heavy atom. The van der Waals surface area contributed by atoms with E-state index in [1.807, 2.05) is 42.0 Å². The molecule has 0 amide bonds. The van der Waals surface area contributed by atoms with Crippen LogP contribution in [0.1, 0.15) is 17.2 Å². The van der Waals surface area contributed by atoms with Crippen molar-refractivity contribution in [3.8, 4) is 11.1 Å². The molecule has 0 aliphatic heterocycles. The number of rotatable bonds is 5. The highest BCUT2D eigenvalue weighted by Gasteiger charge is 2.25. The maximum absolute atomic E-state index is 13.9. The minimum atomic E-state index is -1.07. The van der Waals surface area contributed by atoms with E-state index in [1.165, 1.54) is 17.7 Å². The molecule has 142 valence electrons. The summed E-state index contributed by atoms with van der Waals surface area (Å²) in [5.41, 5.74) is 4.80. The Balaban J connectivity index is 1.94. The first-order valence-electron chi connectivity index (χ1n) is 9.29. The highest BCUT2D eigenvalue weighted by Crippen LogP contribution is 2.35. The average Bonchev–Trinajstić information content (AvgIpc) is 3.08. The quantitative estimate of drug-likeness (QED) is 0.531. The highest BCUT2D eigenvalue weighted by atomic mass is 19.1. The van der Waals surface area contributed by atoms with Gasteiger partial charge < -0.3 is 14.8 Å². The molecule has 0 aliphatic carbocycles. The number of aliphatic hydroxyl groups excluding tert-OH is 2. The summed E-state index contributed by atoms with van der Waals surface area (Å²) in [6.45, 7) is 1.62. The van der Waals surface area contributed by atoms with Gasteiger partial charge in [0.1, 0.15) is 11.9 Å². The maximum atomic E-state index is 13.9. The number of aromatic nitrogens is 1. The second-order valence-corrected chi connectivity index (χ2v) is 7.08. The first kappa shape index (κ1) is 18.4. The number of fused-ring (bicyclic) bond motifs is 1. The lowest BCUT2D eigenvalue weighted by Gasteiger charge is -2.25. The van der Waals surface area contributed by atoms with Gasteiger partial charge in [-0.1, -0.05) is 60.2 Å². The fourth-order valence-electron chi connectivity index (χ4n) is 3.76. The molecule has 4 aromatic rings. The second kappa shape index (κ2) is 7.58. The van der Waals surface area contributed by atoms with Crippen molar-refractivity contribution >= 4 is 10.9 Å². The fraction of sp³-hybridized carbons (Fsp3) is 0.167. The highest BCUT2D eigenvalue weighted by molar-refractivity contribution is 5.96. The summed E-state index contributed by atoms with van der Waals surface area (Å²) in [5.74, 6) is -0.372. The zero-order valence-electron chi connectivity index (χ0n) is 15.6. The van der Waals surface area contributed by atoms with E-state index < -0.39 is 18.8 Å². The fourth-order valence-corrected chi connectivity index (χ4v) is 3.76. The van der Waals surface area contributed by atoms with E-state index in [1.54, 1.807) is 12.1 Å². The monoisotopic (exact) mass is 375 g/mol. The van der Waals surface area contributed by atoms with E-state index in [4.69, 9.17) is 0 Å². The Hall–Kier alpha value is -2.95. The summed E-state index contributed by atoms with van der Waals surface area (Å²) in [6.07, 6.45) is 0.910. The molecule has 1 aromatic heterocycles. The van der Waals surface area contributed by atoms with E-state index in [0.29, 0.717) is 5.56 Å². The molecule has 0 spiro atoms. The van der Waals surface area contributed by atoms with Crippen molar-refractivity contribution in [2.45, 2.75) is 19.1 Å². The van der Waals surface area contributed by atoms with Gasteiger partial charge in [-0.25, -0.2) is 4.39 Å². The van der Waals surface area contributed by atoms with Crippen LogP contribution in [0.4, 0.5) is 4.39 Å². The van der Waals surface area contributed by atoms with Crippen molar-refractivity contribution in [1.29, 1.82) is 0 Å². The summed E-state index contributed by atoms with van der Waals surface area (Å²) in [7, 11) is 0. The molecule has 3 aromatic carbocycles. The zero-order valence-corrected chi connectivity index (χ0v) is 15.6. The van der Waals surface area contributed by atoms with Gasteiger partial charge in [0.25, 0.3) is 0 Å². The normalized spacial score (nSPS) is 13.6. The molecular weight excluding hydrogens is 353 g/mol. The predicted molar refractivity (Wildman–Crippen MR) is 110 cm³/mol. The van der Waals surface area contributed by atoms with Crippen molar-refractivity contribution in [1.82, 2.24) is 4.57 Å². The molecule has 4 heteroatoms. The molecule has 2 atom stereocenters. The molecule has 0 bridgehead atoms. The van der Waals surface area contributed by atoms with Gasteiger partial charge in [-0.15, -0.1) is 0 Å². The van der Waals surface area contributed by atoms with E-state index in [9.17, 15) is 14.6 Å². The van der Waals surface area contributed by atoms with E-state index in [-0.39, 0.29) is 5.82 Å². The number of nitrogens with zero attached hydrogens (tertiary/aromatic N) is 1. The first-order chi connectivity index (χ1) is 13.6. The Bertz CT molecular complexity index is 1100. The van der Waals surface area contributed by atoms with Crippen molar-refractivity contribution in [3.63, 3.8) is 0 Å². The number of para-hydroxylation sites is 1. The van der Waals surface area contributed by atoms with Crippen LogP contribution in [0.3, 0.4) is 0 Å². The minimum Gasteiger partial charge on any atom is -0.394 e. The molecule has 0 fully saturated rings. The standard InChI is InChI=1S/C24H22FNO2/c1-16-9-11-17(12-10-16)21-14-26(22-8-3-2-7-20(21)22)24(23(28)15-27)18-5-4-6-19(25)13-18/h2-14,23-24,27-28H,15H2,1H3/t23-,24+/m1/s1. The van der Waals surface area contributed by atoms with Crippen LogP contribution in [0.5, 0.6) is 0 Å². The van der Waals surface area contributed by atoms with Crippen LogP contribution in [0.15, 0.2) is 79.0 Å². The molecule has 0 aliphatic rings. The molecule has 0 unspecified atom stereocenters. The third-order valence-electron chi connectivity index (χ3n) is 5.14. The molecule has 28 heavy (non-hydrogen) atoms. The number of aryl methyl sites for hydroxylation is 1. The second-order valence-electron chi connectivity index (χ2n) is 7.08. The number of hydrogen-bond acceptors (Lipinski definition) is 2. The maximum Gasteiger partial charge on any atom is 0.123 e. The summed E-state index contributed by atoms with van der Waals surface area (Å²) >= 11 is 0. The predicted octanol–water partition coefficient (Wildman–Crippen LogP) is 4.70. The van der Waals surface area contributed by atoms with Crippen LogP contribution in [-0.4, -0.2) is 27.5 Å². The van der Waals surface area contributed by atoms with Crippen molar-refractivity contribution in [2.24, 2.45) is 0 Å². The molecule has 3 nitrogen and oxygen atoms in total. The van der Waals surface area contributed by atoms with E-state index >= 15 is 0 Å². The number of hydrogen-bond donors (Lipinski definition) is 2. The van der Waals surface area contributed by atoms with Crippen molar-refractivity contribution in [2.75, 3.05) is 6.61 Å². The van der Waals surface area contributed by atoms with E-state index in [2.05, 4.69) is 24.3 Å². The molecule has 0 saturated heterocycles. The molecule has 4 rings (SSSR count). The van der Waals surface area contributed by atoms with Crippen molar-refractivity contribution in [3.05, 3.63) is 95.9 Å². The Kier molecular flexibility index (Phi) is 4.99. The van der Waals surface area contributed by atoms with Crippen molar-refractivity contribution < 1.29 is 14.6 Å². The summed E-state index contributed by atoms with van der Waals surface area (Å²) in [4.78, 5) is 0. The average molecular weight is 375 g/mol. The third kappa shape index (κ3) is 3.33. The molecule has 0 saturated carbocycles. The van der Waals surface area contributed by atoms with Crippen LogP contribution in [0.25, 0.3) is 22.0 Å². The number of halogens is 1. The minimum absolute atomic E-state index is 0.372. The Morgan fingerprint density at radius 1 is 0.964 bits per heavy atom. The lowest BCUT2D eigenvalue weighted by atomic mass is 10.0. The van der Waals surface area contributed by atoms with Crippen LogP contribution >= 0.6 is 0 Å². The molecular formula is C24H22FNO2. The summed E-state index contributed by atoms with van der Waals surface area (Å²) < 4.78 is 15.8.